The van der Waals surface area contributed by atoms with Crippen molar-refractivity contribution in [3.63, 3.8) is 0 Å². The highest BCUT2D eigenvalue weighted by Crippen LogP contribution is 2.44. The Morgan fingerprint density at radius 3 is 2.37 bits per heavy atom. The van der Waals surface area contributed by atoms with Crippen molar-refractivity contribution in [3.8, 4) is 5.69 Å². The highest BCUT2D eigenvalue weighted by molar-refractivity contribution is 5.62. The number of benzene rings is 1. The lowest BCUT2D eigenvalue weighted by Crippen LogP contribution is -2.60. The van der Waals surface area contributed by atoms with Crippen molar-refractivity contribution >= 4 is 23.9 Å². The Morgan fingerprint density at radius 1 is 1.13 bits per heavy atom. The second-order valence-electron chi connectivity index (χ2n) is 10.8. The normalized spacial score (nSPS) is 18.3. The van der Waals surface area contributed by atoms with Gasteiger partial charge in [0.1, 0.15) is 5.82 Å². The van der Waals surface area contributed by atoms with Crippen molar-refractivity contribution in [2.24, 2.45) is 0 Å². The summed E-state index contributed by atoms with van der Waals surface area (Å²) in [6.45, 7) is 8.19. The van der Waals surface area contributed by atoms with E-state index in [0.29, 0.717) is 11.3 Å². The van der Waals surface area contributed by atoms with Crippen LogP contribution in [0.2, 0.25) is 0 Å². The van der Waals surface area contributed by atoms with E-state index in [2.05, 4.69) is 69.1 Å². The van der Waals surface area contributed by atoms with Crippen LogP contribution in [-0.4, -0.2) is 58.9 Å². The lowest BCUT2D eigenvalue weighted by Gasteiger charge is -2.46. The SMILES string of the molecule is CC1(C)CC(Nc2nc(Nc3cc(-n4nn[nH]c4=O)c(C4CC4)cc3F)ncc2F)CC(C)(C)N1.O=CO. The number of hydrogen-bond donors (Lipinski definition) is 5. The zero-order valence-electron chi connectivity index (χ0n) is 21.5. The largest absolute Gasteiger partial charge is 0.483 e. The van der Waals surface area contributed by atoms with Gasteiger partial charge in [-0.05, 0) is 87.4 Å². The number of rotatable bonds is 6. The summed E-state index contributed by atoms with van der Waals surface area (Å²) in [4.78, 5) is 28.7. The van der Waals surface area contributed by atoms with E-state index in [1.807, 2.05) is 0 Å². The number of aromatic amines is 1. The van der Waals surface area contributed by atoms with Gasteiger partial charge in [-0.25, -0.2) is 23.7 Å². The Labute approximate surface area is 217 Å². The van der Waals surface area contributed by atoms with Crippen LogP contribution in [-0.2, 0) is 4.79 Å². The third-order valence-corrected chi connectivity index (χ3v) is 6.36. The summed E-state index contributed by atoms with van der Waals surface area (Å²) < 4.78 is 30.7. The van der Waals surface area contributed by atoms with Gasteiger partial charge in [-0.3, -0.25) is 4.79 Å². The maximum absolute atomic E-state index is 15.0. The van der Waals surface area contributed by atoms with Crippen molar-refractivity contribution in [2.45, 2.75) is 76.4 Å². The topological polar surface area (TPSA) is 163 Å². The number of carboxylic acid groups (broad SMARTS) is 1. The predicted molar refractivity (Wildman–Crippen MR) is 136 cm³/mol. The van der Waals surface area contributed by atoms with Gasteiger partial charge < -0.3 is 21.1 Å². The molecule has 1 saturated heterocycles. The highest BCUT2D eigenvalue weighted by atomic mass is 19.1. The van der Waals surface area contributed by atoms with Gasteiger partial charge in [0.25, 0.3) is 6.47 Å². The first kappa shape index (κ1) is 27.1. The molecule has 2 fully saturated rings. The molecule has 0 bridgehead atoms. The smallest absolute Gasteiger partial charge is 0.365 e. The molecule has 0 spiro atoms. The summed E-state index contributed by atoms with van der Waals surface area (Å²) in [7, 11) is 0. The summed E-state index contributed by atoms with van der Waals surface area (Å²) in [6, 6.07) is 2.85. The second-order valence-corrected chi connectivity index (χ2v) is 10.8. The van der Waals surface area contributed by atoms with Crippen LogP contribution in [0.15, 0.2) is 23.1 Å². The molecule has 1 aromatic carbocycles. The van der Waals surface area contributed by atoms with Crippen molar-refractivity contribution in [1.29, 1.82) is 0 Å². The number of anilines is 3. The van der Waals surface area contributed by atoms with Crippen LogP contribution in [0.5, 0.6) is 0 Å². The number of aromatic nitrogens is 6. The van der Waals surface area contributed by atoms with Gasteiger partial charge in [-0.1, -0.05) is 0 Å². The zero-order chi connectivity index (χ0) is 27.7. The van der Waals surface area contributed by atoms with E-state index in [4.69, 9.17) is 9.90 Å². The molecule has 12 nitrogen and oxygen atoms in total. The molecule has 2 aromatic heterocycles. The van der Waals surface area contributed by atoms with Crippen molar-refractivity contribution in [3.05, 3.63) is 46.0 Å². The first-order valence-electron chi connectivity index (χ1n) is 12.2. The van der Waals surface area contributed by atoms with Crippen LogP contribution in [0, 0.1) is 11.6 Å². The summed E-state index contributed by atoms with van der Waals surface area (Å²) in [5.41, 5.74) is 0.359. The number of halogens is 2. The molecule has 1 aliphatic heterocycles. The third-order valence-electron chi connectivity index (χ3n) is 6.36. The van der Waals surface area contributed by atoms with Crippen LogP contribution in [0.1, 0.15) is 64.9 Å². The van der Waals surface area contributed by atoms with Gasteiger partial charge in [0, 0.05) is 17.1 Å². The molecular weight excluding hydrogens is 500 g/mol. The number of carbonyl (C=O) groups is 1. The van der Waals surface area contributed by atoms with Gasteiger partial charge in [-0.2, -0.15) is 9.67 Å². The minimum Gasteiger partial charge on any atom is -0.483 e. The van der Waals surface area contributed by atoms with E-state index >= 15 is 4.39 Å². The van der Waals surface area contributed by atoms with Gasteiger partial charge in [0.2, 0.25) is 5.95 Å². The second kappa shape index (κ2) is 10.4. The fourth-order valence-electron chi connectivity index (χ4n) is 5.20. The number of tetrazole rings is 1. The van der Waals surface area contributed by atoms with Crippen LogP contribution in [0.3, 0.4) is 0 Å². The van der Waals surface area contributed by atoms with E-state index < -0.39 is 17.3 Å². The summed E-state index contributed by atoms with van der Waals surface area (Å²) >= 11 is 0. The van der Waals surface area contributed by atoms with E-state index in [1.165, 1.54) is 12.1 Å². The molecule has 1 aliphatic carbocycles. The maximum Gasteiger partial charge on any atom is 0.365 e. The van der Waals surface area contributed by atoms with Crippen molar-refractivity contribution < 1.29 is 18.7 Å². The number of hydrogen-bond acceptors (Lipinski definition) is 9. The Morgan fingerprint density at radius 2 is 1.79 bits per heavy atom. The summed E-state index contributed by atoms with van der Waals surface area (Å²) in [6.07, 6.45) is 4.42. The van der Waals surface area contributed by atoms with Crippen LogP contribution in [0.4, 0.5) is 26.2 Å². The van der Waals surface area contributed by atoms with Gasteiger partial charge in [0.05, 0.1) is 17.6 Å². The monoisotopic (exact) mass is 531 g/mol. The zero-order valence-corrected chi connectivity index (χ0v) is 21.5. The molecule has 5 N–H and O–H groups in total. The van der Waals surface area contributed by atoms with Crippen LogP contribution >= 0.6 is 0 Å². The molecular formula is C24H31F2N9O3. The van der Waals surface area contributed by atoms with E-state index in [0.717, 1.165) is 36.6 Å². The first-order chi connectivity index (χ1) is 17.9. The minimum atomic E-state index is -0.593. The summed E-state index contributed by atoms with van der Waals surface area (Å²) in [5, 5.41) is 26.1. The molecule has 3 aromatic rings. The van der Waals surface area contributed by atoms with Crippen molar-refractivity contribution in [2.75, 3.05) is 10.6 Å². The first-order valence-corrected chi connectivity index (χ1v) is 12.2. The van der Waals surface area contributed by atoms with E-state index in [-0.39, 0.29) is 47.0 Å². The molecule has 1 saturated carbocycles. The lowest BCUT2D eigenvalue weighted by atomic mass is 9.79. The molecule has 3 heterocycles. The van der Waals surface area contributed by atoms with E-state index in [1.54, 1.807) is 0 Å². The molecule has 2 aliphatic rings. The average molecular weight is 532 g/mol. The third kappa shape index (κ3) is 6.30. The Kier molecular flexibility index (Phi) is 7.44. The van der Waals surface area contributed by atoms with Crippen molar-refractivity contribution in [1.82, 2.24) is 35.5 Å². The molecule has 204 valence electrons. The molecule has 0 amide bonds. The fourth-order valence-corrected chi connectivity index (χ4v) is 5.20. The predicted octanol–water partition coefficient (Wildman–Crippen LogP) is 3.07. The Balaban J connectivity index is 0.00000107. The molecule has 14 heteroatoms. The number of nitrogens with zero attached hydrogens (tertiary/aromatic N) is 5. The van der Waals surface area contributed by atoms with Crippen LogP contribution in [0.25, 0.3) is 5.69 Å². The number of H-pyrrole nitrogens is 1. The number of nitrogens with one attached hydrogen (secondary N) is 4. The van der Waals surface area contributed by atoms with E-state index in [9.17, 15) is 9.18 Å². The lowest BCUT2D eigenvalue weighted by molar-refractivity contribution is -0.122. The van der Waals surface area contributed by atoms with Gasteiger partial charge in [-0.15, -0.1) is 0 Å². The Bertz CT molecular complexity index is 1350. The number of piperidine rings is 1. The molecule has 0 radical (unpaired) electrons. The molecule has 0 atom stereocenters. The van der Waals surface area contributed by atoms with Crippen LogP contribution < -0.4 is 21.6 Å². The molecule has 5 rings (SSSR count). The fraction of sp³-hybridized carbons (Fsp3) is 0.500. The molecule has 38 heavy (non-hydrogen) atoms. The quantitative estimate of drug-likeness (QED) is 0.299. The minimum absolute atomic E-state index is 0.0151. The summed E-state index contributed by atoms with van der Waals surface area (Å²) in [5.74, 6) is -0.893. The maximum atomic E-state index is 15.0. The highest BCUT2D eigenvalue weighted by Gasteiger charge is 2.38. The Hall–Kier alpha value is -3.94. The average Bonchev–Trinajstić information content (AvgIpc) is 3.56. The molecule has 0 unspecified atom stereocenters. The van der Waals surface area contributed by atoms with Gasteiger partial charge in [0.15, 0.2) is 11.6 Å². The van der Waals surface area contributed by atoms with Gasteiger partial charge >= 0.3 is 5.69 Å². The standard InChI is InChI=1S/C23H29F2N9O.CH2O2/c1-22(2)9-13(10-23(3,4)31-22)27-19-16(25)11-26-20(29-19)28-17-8-18(34-21(35)30-32-33-34)14(7-15(17)24)12-5-6-12;2-1-3/h7-8,11-13,31H,5-6,9-10H2,1-4H3,(H,30,33,35)(H2,26,27,28,29);1H,(H,2,3).